The first kappa shape index (κ1) is 108. The molecular formula is C81H141N31O6S2. The summed E-state index contributed by atoms with van der Waals surface area (Å²) in [5.74, 6) is 12.0. The summed E-state index contributed by atoms with van der Waals surface area (Å²) in [6, 6.07) is 1.52. The van der Waals surface area contributed by atoms with Gasteiger partial charge in [-0.15, -0.1) is 67.4 Å². The molecule has 0 bridgehead atoms. The summed E-state index contributed by atoms with van der Waals surface area (Å²) < 4.78 is 33.9. The summed E-state index contributed by atoms with van der Waals surface area (Å²) >= 11 is 3.15. The van der Waals surface area contributed by atoms with Gasteiger partial charge in [-0.2, -0.15) is 19.7 Å². The Morgan fingerprint density at radius 3 is 1.32 bits per heavy atom. The summed E-state index contributed by atoms with van der Waals surface area (Å²) in [7, 11) is 5.43. The number of hydrogen-bond donors (Lipinski definition) is 0. The van der Waals surface area contributed by atoms with Crippen LogP contribution in [-0.4, -0.2) is 182 Å². The maximum atomic E-state index is 10.8. The van der Waals surface area contributed by atoms with E-state index in [4.69, 9.17) is 17.9 Å². The molecule has 1 amide bonds. The van der Waals surface area contributed by atoms with Gasteiger partial charge < -0.3 is 22.4 Å². The molecule has 0 saturated carbocycles. The number of rotatable bonds is 13. The molecule has 39 heteroatoms. The van der Waals surface area contributed by atoms with Crippen molar-refractivity contribution in [2.45, 2.75) is 328 Å². The van der Waals surface area contributed by atoms with Gasteiger partial charge in [0.2, 0.25) is 35.4 Å². The van der Waals surface area contributed by atoms with Gasteiger partial charge >= 0.3 is 5.76 Å². The predicted molar refractivity (Wildman–Crippen MR) is 473 cm³/mol. The molecule has 2 aliphatic rings. The Hall–Kier alpha value is -10.3. The summed E-state index contributed by atoms with van der Waals surface area (Å²) in [5, 5.41) is 68.3. The highest BCUT2D eigenvalue weighted by molar-refractivity contribution is 7.11. The van der Waals surface area contributed by atoms with Gasteiger partial charge in [0.05, 0.1) is 41.4 Å². The SMILES string of the molecule is CC(C)N1C=NCC1=O.CC(C)c1cn(C)nn1.CC(C)c1nn(C)c(=O)o1.CC1=NC(C(C)C)=NC1.Cc1cn(C(C)C)nn1.Cc1nc(C(C)C)no1.Cc1ncn(C(C)C)n1.Cc1nnc(C(C)C)n1C.Cc1nnc(C(C)C)o1.Cc1nnc(C(C)C)s1.Cc1nnn(C(C)C)c1C.Cc1noc(C(C)C)n1.Cc1snnc1C(C)C. The third-order valence-electron chi connectivity index (χ3n) is 16.0. The van der Waals surface area contributed by atoms with E-state index in [1.165, 1.54) is 21.1 Å². The predicted octanol–water partition coefficient (Wildman–Crippen LogP) is 16.7. The first-order chi connectivity index (χ1) is 55.9. The van der Waals surface area contributed by atoms with Crippen LogP contribution in [0.5, 0.6) is 0 Å². The number of carbonyl (C=O) groups is 1. The summed E-state index contributed by atoms with van der Waals surface area (Å²) in [6.07, 6.45) is 7.22. The van der Waals surface area contributed by atoms with Crippen molar-refractivity contribution >= 4 is 46.7 Å². The van der Waals surface area contributed by atoms with Crippen molar-refractivity contribution in [3.05, 3.63) is 131 Å². The molecule has 0 atom stereocenters. The molecule has 0 aliphatic carbocycles. The lowest BCUT2D eigenvalue weighted by Crippen LogP contribution is -2.32. The maximum Gasteiger partial charge on any atom is 0.436 e. The van der Waals surface area contributed by atoms with E-state index >= 15 is 0 Å². The molecule has 37 nitrogen and oxygen atoms in total. The van der Waals surface area contributed by atoms with E-state index in [2.05, 4.69) is 239 Å². The highest BCUT2D eigenvalue weighted by Gasteiger charge is 2.19. The number of nitrogens with zero attached hydrogens (tertiary/aromatic N) is 31. The van der Waals surface area contributed by atoms with Crippen LogP contribution >= 0.6 is 22.9 Å². The third kappa shape index (κ3) is 41.6. The van der Waals surface area contributed by atoms with Gasteiger partial charge in [-0.25, -0.2) is 24.1 Å². The van der Waals surface area contributed by atoms with Crippen molar-refractivity contribution in [2.75, 3.05) is 13.1 Å². The number of amides is 1. The van der Waals surface area contributed by atoms with Gasteiger partial charge in [0.1, 0.15) is 46.2 Å². The molecule has 120 heavy (non-hydrogen) atoms. The van der Waals surface area contributed by atoms with Crippen molar-refractivity contribution in [1.82, 2.24) is 139 Å². The van der Waals surface area contributed by atoms with Crippen LogP contribution in [-0.2, 0) is 25.9 Å². The first-order valence-corrected chi connectivity index (χ1v) is 42.3. The molecule has 0 spiro atoms. The molecule has 11 aromatic heterocycles. The highest BCUT2D eigenvalue weighted by Crippen LogP contribution is 2.20. The average Bonchev–Trinajstić information content (AvgIpc) is 1.72. The fraction of sp³-hybridized carbons (Fsp3) is 0.679. The molecular weight excluding hydrogens is 1570 g/mol. The van der Waals surface area contributed by atoms with Crippen LogP contribution < -0.4 is 5.76 Å². The van der Waals surface area contributed by atoms with Crippen molar-refractivity contribution in [2.24, 2.45) is 42.0 Å². The van der Waals surface area contributed by atoms with Crippen molar-refractivity contribution in [3.63, 3.8) is 0 Å². The van der Waals surface area contributed by atoms with Crippen LogP contribution in [0.3, 0.4) is 0 Å². The molecule has 13 rings (SSSR count). The smallest absolute Gasteiger partial charge is 0.425 e. The van der Waals surface area contributed by atoms with Crippen LogP contribution in [0.4, 0.5) is 0 Å². The van der Waals surface area contributed by atoms with Crippen molar-refractivity contribution in [1.29, 1.82) is 0 Å². The zero-order valence-electron chi connectivity index (χ0n) is 79.4. The number of hydrogen-bond acceptors (Lipinski definition) is 32. The van der Waals surface area contributed by atoms with E-state index in [-0.39, 0.29) is 17.9 Å². The molecule has 668 valence electrons. The summed E-state index contributed by atoms with van der Waals surface area (Å²) in [4.78, 5) is 48.7. The van der Waals surface area contributed by atoms with Crippen molar-refractivity contribution < 1.29 is 22.7 Å². The van der Waals surface area contributed by atoms with E-state index in [1.807, 2.05) is 170 Å². The second-order valence-corrected chi connectivity index (χ2v) is 34.2. The number of carbonyl (C=O) groups excluding carboxylic acids is 1. The van der Waals surface area contributed by atoms with Crippen LogP contribution in [0.25, 0.3) is 0 Å². The van der Waals surface area contributed by atoms with E-state index in [0.29, 0.717) is 107 Å². The van der Waals surface area contributed by atoms with Gasteiger partial charge in [-0.1, -0.05) is 155 Å². The van der Waals surface area contributed by atoms with Gasteiger partial charge in [0, 0.05) is 124 Å². The summed E-state index contributed by atoms with van der Waals surface area (Å²) in [5.41, 5.74) is 6.49. The number of aromatic nitrogens is 27. The first-order valence-electron chi connectivity index (χ1n) is 40.7. The van der Waals surface area contributed by atoms with E-state index in [9.17, 15) is 9.59 Å². The molecule has 2 aliphatic heterocycles. The molecule has 0 radical (unpaired) electrons. The topological polar surface area (TPSA) is 427 Å². The fourth-order valence-corrected chi connectivity index (χ4v) is 10.1. The molecule has 0 N–H and O–H groups in total. The Bertz CT molecular complexity index is 4270. The standard InChI is InChI=1S/2C7H13N3.C7H12N2.3C6H11N3.C6H10N2O2.4C6H10N2O.2C6H10N2S/c1-5(2)7-9-8-6(3)10(7)4;1-5(2)10-7(4)6(3)8-9-10;1-5(2)7-8-4-6(3)9-7;1-5(2)6-4-9(3)8-7-6;1-5(2)9-4-7-6(3)8-9;1-5(2)9-4-6(3)7-8-9;1-4(2)5-7-8(3)6(9)10-5;1-5(2)8-4-7-3-6(8)9;1-4(2)6-8-7-5(3)9-6;1-4(2)6-7-5(3)9-8-6;1-4(2)6-7-5(3)8-9-6;1-4(2)6-8-7-5(3)9-6;1-4(2)6-5(3)9-8-7-6/h2*5H,1-4H3;5H,4H2,1-3H3;3*4-5H,1-3H3;4H,1-3H3;4-5H,3H2,1-2H3;5*4H,1-3H3. The lowest BCUT2D eigenvalue weighted by Gasteiger charge is -2.15. The third-order valence-corrected chi connectivity index (χ3v) is 17.8. The number of aryl methyl sites for hydroxylation is 11. The Morgan fingerprint density at radius 1 is 0.483 bits per heavy atom. The minimum Gasteiger partial charge on any atom is -0.425 e. The maximum absolute atomic E-state index is 10.8. The lowest BCUT2D eigenvalue weighted by atomic mass is 10.1. The molecule has 11 aromatic rings. The second kappa shape index (κ2) is 54.8. The molecule has 13 heterocycles. The van der Waals surface area contributed by atoms with Crippen LogP contribution in [0.1, 0.15) is 354 Å². The number of aliphatic imine (C=N–C) groups is 3. The summed E-state index contributed by atoms with van der Waals surface area (Å²) in [6.45, 7) is 76.0. The van der Waals surface area contributed by atoms with Crippen LogP contribution in [0, 0.1) is 75.2 Å². The molecule has 0 saturated heterocycles. The largest absolute Gasteiger partial charge is 0.436 e. The molecule has 0 aromatic carbocycles. The fourth-order valence-electron chi connectivity index (χ4n) is 8.79. The quantitative estimate of drug-likeness (QED) is 0.103. The Labute approximate surface area is 719 Å². The van der Waals surface area contributed by atoms with Gasteiger partial charge in [0.25, 0.3) is 0 Å². The minimum atomic E-state index is -0.399. The Morgan fingerprint density at radius 2 is 1.11 bits per heavy atom. The van der Waals surface area contributed by atoms with Crippen LogP contribution in [0.15, 0.2) is 56.4 Å². The zero-order valence-corrected chi connectivity index (χ0v) is 81.0. The second-order valence-electron chi connectivity index (χ2n) is 32.1. The average molecular weight is 1710 g/mol. The zero-order chi connectivity index (χ0) is 91.7. The Kier molecular flexibility index (Phi) is 49.1. The van der Waals surface area contributed by atoms with Gasteiger partial charge in [-0.05, 0) is 141 Å². The van der Waals surface area contributed by atoms with E-state index < -0.39 is 5.76 Å². The number of amidine groups is 1. The van der Waals surface area contributed by atoms with Gasteiger partial charge in [-0.3, -0.25) is 29.0 Å². The normalized spacial score (nSPS) is 11.8. The Balaban J connectivity index is 0.000000650. The van der Waals surface area contributed by atoms with Gasteiger partial charge in [0.15, 0.2) is 11.6 Å². The van der Waals surface area contributed by atoms with Crippen LogP contribution in [0.2, 0.25) is 0 Å². The highest BCUT2D eigenvalue weighted by atomic mass is 32.1. The van der Waals surface area contributed by atoms with E-state index in [1.54, 1.807) is 54.5 Å². The monoisotopic (exact) mass is 1710 g/mol. The molecule has 0 fully saturated rings. The minimum absolute atomic E-state index is 0.102. The molecule has 0 unspecified atom stereocenters. The van der Waals surface area contributed by atoms with E-state index in [0.717, 1.165) is 79.9 Å². The van der Waals surface area contributed by atoms with Crippen molar-refractivity contribution in [3.8, 4) is 0 Å². The lowest BCUT2D eigenvalue weighted by molar-refractivity contribution is -0.125.